The highest BCUT2D eigenvalue weighted by molar-refractivity contribution is 5.57. The summed E-state index contributed by atoms with van der Waals surface area (Å²) >= 11 is 0. The molecule has 0 amide bonds. The van der Waals surface area contributed by atoms with Gasteiger partial charge >= 0.3 is 0 Å². The van der Waals surface area contributed by atoms with Gasteiger partial charge in [-0.25, -0.2) is 4.99 Å². The fraction of sp³-hybridized carbons (Fsp3) is 0.333. The van der Waals surface area contributed by atoms with E-state index in [1.807, 2.05) is 19.9 Å². The Balaban J connectivity index is 3.63. The van der Waals surface area contributed by atoms with Crippen LogP contribution in [0.3, 0.4) is 0 Å². The zero-order valence-corrected chi connectivity index (χ0v) is 10.5. The van der Waals surface area contributed by atoms with Crippen LogP contribution in [-0.2, 0) is 0 Å². The van der Waals surface area contributed by atoms with E-state index in [0.717, 1.165) is 0 Å². The number of nitrogens with one attached hydrogen (secondary N) is 1. The number of hydrogen-bond donors (Lipinski definition) is 1. The van der Waals surface area contributed by atoms with Crippen molar-refractivity contribution >= 4 is 24.4 Å². The Kier molecular flexibility index (Phi) is 5.00. The molecular formula is C12H17N3O2. The Hall–Kier alpha value is -2.04. The number of rotatable bonds is 2. The molecule has 0 aliphatic heterocycles. The monoisotopic (exact) mass is 235 g/mol. The molecule has 1 heterocycles. The third kappa shape index (κ3) is 4.14. The van der Waals surface area contributed by atoms with Crippen LogP contribution in [0.25, 0.3) is 12.3 Å². The van der Waals surface area contributed by atoms with Gasteiger partial charge in [0.1, 0.15) is 5.42 Å². The number of aromatic nitrogens is 1. The van der Waals surface area contributed by atoms with Crippen LogP contribution in [0.15, 0.2) is 19.9 Å². The van der Waals surface area contributed by atoms with Crippen LogP contribution >= 0.6 is 0 Å². The predicted octanol–water partition coefficient (Wildman–Crippen LogP) is 1.18. The molecule has 0 bridgehead atoms. The Bertz CT molecular complexity index is 551. The van der Waals surface area contributed by atoms with Gasteiger partial charge in [0.15, 0.2) is 5.89 Å². The average Bonchev–Trinajstić information content (AvgIpc) is 2.26. The lowest BCUT2D eigenvalue weighted by molar-refractivity contribution is 0.428. The Labute approximate surface area is 99.9 Å². The molecule has 0 unspecified atom stereocenters. The first kappa shape index (κ1) is 13.0. The molecule has 1 aromatic rings. The van der Waals surface area contributed by atoms with Crippen molar-refractivity contribution in [1.82, 2.24) is 10.3 Å². The minimum absolute atomic E-state index is 0.400. The molecule has 5 nitrogen and oxygen atoms in total. The summed E-state index contributed by atoms with van der Waals surface area (Å²) in [6.45, 7) is 5.45. The second kappa shape index (κ2) is 6.52. The maximum Gasteiger partial charge on any atom is 0.240 e. The van der Waals surface area contributed by atoms with Crippen LogP contribution in [0.2, 0.25) is 0 Å². The molecule has 17 heavy (non-hydrogen) atoms. The van der Waals surface area contributed by atoms with Crippen molar-refractivity contribution in [3.05, 3.63) is 22.9 Å². The molecular weight excluding hydrogens is 218 g/mol. The summed E-state index contributed by atoms with van der Waals surface area (Å²) in [5.41, 5.74) is 1.05. The van der Waals surface area contributed by atoms with Crippen LogP contribution in [0.5, 0.6) is 0 Å². The van der Waals surface area contributed by atoms with Crippen molar-refractivity contribution in [3.8, 4) is 0 Å². The highest BCUT2D eigenvalue weighted by Gasteiger charge is 1.92. The van der Waals surface area contributed by atoms with Crippen LogP contribution in [0.1, 0.15) is 19.7 Å². The lowest BCUT2D eigenvalue weighted by Gasteiger charge is -1.94. The minimum Gasteiger partial charge on any atom is -0.443 e. The van der Waals surface area contributed by atoms with E-state index < -0.39 is 0 Å². The van der Waals surface area contributed by atoms with E-state index in [1.165, 1.54) is 0 Å². The molecule has 0 aliphatic carbocycles. The van der Waals surface area contributed by atoms with E-state index in [-0.39, 0.29) is 0 Å². The zero-order chi connectivity index (χ0) is 12.7. The predicted molar refractivity (Wildman–Crippen MR) is 67.9 cm³/mol. The van der Waals surface area contributed by atoms with E-state index in [2.05, 4.69) is 15.3 Å². The van der Waals surface area contributed by atoms with E-state index >= 15 is 0 Å². The Morgan fingerprint density at radius 2 is 2.12 bits per heavy atom. The highest BCUT2D eigenvalue weighted by atomic mass is 16.4. The van der Waals surface area contributed by atoms with Crippen molar-refractivity contribution in [2.45, 2.75) is 20.8 Å². The molecule has 1 aromatic heterocycles. The number of aliphatic imine (C=N–C) groups is 1. The maximum atomic E-state index is 5.53. The normalized spacial score (nSPS) is 13.2. The van der Waals surface area contributed by atoms with Crippen LogP contribution in [-0.4, -0.2) is 18.2 Å². The maximum absolute atomic E-state index is 5.53. The topological polar surface area (TPSA) is 63.6 Å². The quantitative estimate of drug-likeness (QED) is 0.782. The Morgan fingerprint density at radius 1 is 1.35 bits per heavy atom. The molecule has 0 aromatic carbocycles. The summed E-state index contributed by atoms with van der Waals surface area (Å²) in [7, 11) is 1.77. The van der Waals surface area contributed by atoms with Crippen molar-refractivity contribution < 1.29 is 8.83 Å². The lowest BCUT2D eigenvalue weighted by atomic mass is 10.5. The van der Waals surface area contributed by atoms with Crippen LogP contribution in [0, 0.1) is 6.92 Å². The Morgan fingerprint density at radius 3 is 2.71 bits per heavy atom. The van der Waals surface area contributed by atoms with E-state index in [4.69, 9.17) is 8.83 Å². The number of nitrogens with zero attached hydrogens (tertiary/aromatic N) is 2. The van der Waals surface area contributed by atoms with Gasteiger partial charge in [0.05, 0.1) is 6.20 Å². The molecule has 5 heteroatoms. The van der Waals surface area contributed by atoms with E-state index in [0.29, 0.717) is 22.7 Å². The molecule has 0 atom stereocenters. The third-order valence-corrected chi connectivity index (χ3v) is 1.82. The van der Waals surface area contributed by atoms with Gasteiger partial charge in [-0.15, -0.1) is 0 Å². The fourth-order valence-electron chi connectivity index (χ4n) is 1.18. The van der Waals surface area contributed by atoms with Crippen molar-refractivity contribution in [3.63, 3.8) is 0 Å². The van der Waals surface area contributed by atoms with Crippen LogP contribution < -0.4 is 16.3 Å². The van der Waals surface area contributed by atoms with Gasteiger partial charge in [-0.05, 0) is 19.9 Å². The molecule has 1 N–H and O–H groups in total. The highest BCUT2D eigenvalue weighted by Crippen LogP contribution is 2.02. The van der Waals surface area contributed by atoms with E-state index in [1.54, 1.807) is 32.5 Å². The first-order valence-corrected chi connectivity index (χ1v) is 5.34. The van der Waals surface area contributed by atoms with Crippen molar-refractivity contribution in [1.29, 1.82) is 0 Å². The molecule has 92 valence electrons. The molecule has 0 saturated heterocycles. The summed E-state index contributed by atoms with van der Waals surface area (Å²) < 4.78 is 11.0. The van der Waals surface area contributed by atoms with Crippen LogP contribution in [0.4, 0.5) is 5.88 Å². The smallest absolute Gasteiger partial charge is 0.240 e. The largest absolute Gasteiger partial charge is 0.443 e. The van der Waals surface area contributed by atoms with Gasteiger partial charge in [0.2, 0.25) is 11.4 Å². The second-order valence-electron chi connectivity index (χ2n) is 3.17. The average molecular weight is 235 g/mol. The van der Waals surface area contributed by atoms with Gasteiger partial charge in [-0.3, -0.25) is 0 Å². The number of hydrogen-bond acceptors (Lipinski definition) is 5. The van der Waals surface area contributed by atoms with Gasteiger partial charge in [0.25, 0.3) is 0 Å². The van der Waals surface area contributed by atoms with E-state index in [9.17, 15) is 0 Å². The van der Waals surface area contributed by atoms with Gasteiger partial charge < -0.3 is 14.2 Å². The minimum atomic E-state index is 0.400. The summed E-state index contributed by atoms with van der Waals surface area (Å²) in [5.74, 6) is 0.939. The summed E-state index contributed by atoms with van der Waals surface area (Å²) in [6.07, 6.45) is 5.10. The molecule has 0 spiro atoms. The second-order valence-corrected chi connectivity index (χ2v) is 3.17. The molecule has 1 rings (SSSR count). The molecule has 0 aliphatic rings. The van der Waals surface area contributed by atoms with Crippen molar-refractivity contribution in [2.24, 2.45) is 4.99 Å². The van der Waals surface area contributed by atoms with Gasteiger partial charge in [-0.1, -0.05) is 0 Å². The summed E-state index contributed by atoms with van der Waals surface area (Å²) in [5, 5.41) is 2.85. The molecule has 0 radical (unpaired) electrons. The summed E-state index contributed by atoms with van der Waals surface area (Å²) in [6, 6.07) is 1.71. The number of aryl methyl sites for hydroxylation is 1. The van der Waals surface area contributed by atoms with Crippen molar-refractivity contribution in [2.75, 3.05) is 7.05 Å². The lowest BCUT2D eigenvalue weighted by Crippen LogP contribution is -2.12. The summed E-state index contributed by atoms with van der Waals surface area (Å²) in [4.78, 5) is 8.27. The SMILES string of the molecule is C/C=N\c1c/c(=C\C)oc(C)n/c(=C\NC)o1. The fourth-order valence-corrected chi connectivity index (χ4v) is 1.18. The standard InChI is InChI=1S/C12H17N3O2/c1-5-10-7-11(14-6-2)17-12(8-13-4)15-9(3)16-10/h5-8,13H,1-4H3/b10-5+,11-7?,12-8+,14-6-,15-9?. The first-order valence-electron chi connectivity index (χ1n) is 5.34. The first-order chi connectivity index (χ1) is 8.19. The third-order valence-electron chi connectivity index (χ3n) is 1.82. The van der Waals surface area contributed by atoms with Gasteiger partial charge in [-0.2, -0.15) is 4.98 Å². The molecule has 0 fully saturated rings. The van der Waals surface area contributed by atoms with Gasteiger partial charge in [0, 0.05) is 26.3 Å². The zero-order valence-electron chi connectivity index (χ0n) is 10.5. The molecule has 0 saturated carbocycles.